The standard InChI is InChI=1S/C13H19F3N2S/c1-9(2)7-19-8-12(18-17)10-4-3-5-11(6-10)13(14,15)16/h3-6,9,12,18H,7-8,17H2,1-2H3. The molecule has 1 rings (SSSR count). The highest BCUT2D eigenvalue weighted by molar-refractivity contribution is 7.99. The van der Waals surface area contributed by atoms with Crippen LogP contribution in [0.25, 0.3) is 0 Å². The summed E-state index contributed by atoms with van der Waals surface area (Å²) in [7, 11) is 0. The molecular formula is C13H19F3N2S. The Morgan fingerprint density at radius 3 is 2.47 bits per heavy atom. The van der Waals surface area contributed by atoms with E-state index < -0.39 is 11.7 Å². The fraction of sp³-hybridized carbons (Fsp3) is 0.538. The van der Waals surface area contributed by atoms with Crippen molar-refractivity contribution in [2.45, 2.75) is 26.1 Å². The predicted molar refractivity (Wildman–Crippen MR) is 73.7 cm³/mol. The molecule has 0 amide bonds. The van der Waals surface area contributed by atoms with Crippen LogP contribution >= 0.6 is 11.8 Å². The first-order valence-corrected chi connectivity index (χ1v) is 7.21. The van der Waals surface area contributed by atoms with Crippen molar-refractivity contribution in [2.24, 2.45) is 11.8 Å². The highest BCUT2D eigenvalue weighted by atomic mass is 32.2. The van der Waals surface area contributed by atoms with Crippen LogP contribution in [0.1, 0.15) is 31.0 Å². The molecule has 108 valence electrons. The highest BCUT2D eigenvalue weighted by Crippen LogP contribution is 2.31. The zero-order valence-electron chi connectivity index (χ0n) is 11.0. The molecule has 0 heterocycles. The van der Waals surface area contributed by atoms with Gasteiger partial charge in [0.15, 0.2) is 0 Å². The second kappa shape index (κ2) is 7.17. The average molecular weight is 292 g/mol. The van der Waals surface area contributed by atoms with Crippen LogP contribution in [0.15, 0.2) is 24.3 Å². The Morgan fingerprint density at radius 1 is 1.26 bits per heavy atom. The Bertz CT molecular complexity index is 394. The van der Waals surface area contributed by atoms with E-state index in [2.05, 4.69) is 19.3 Å². The summed E-state index contributed by atoms with van der Waals surface area (Å²) in [5.74, 6) is 7.59. The lowest BCUT2D eigenvalue weighted by Crippen LogP contribution is -2.30. The topological polar surface area (TPSA) is 38.0 Å². The SMILES string of the molecule is CC(C)CSCC(NN)c1cccc(C(F)(F)F)c1. The largest absolute Gasteiger partial charge is 0.416 e. The zero-order valence-corrected chi connectivity index (χ0v) is 11.8. The van der Waals surface area contributed by atoms with E-state index in [0.717, 1.165) is 17.9 Å². The van der Waals surface area contributed by atoms with E-state index in [-0.39, 0.29) is 6.04 Å². The van der Waals surface area contributed by atoms with Crippen LogP contribution in [0.3, 0.4) is 0 Å². The normalized spacial score (nSPS) is 13.8. The lowest BCUT2D eigenvalue weighted by molar-refractivity contribution is -0.137. The molecule has 0 fully saturated rings. The minimum absolute atomic E-state index is 0.272. The first kappa shape index (κ1) is 16.3. The summed E-state index contributed by atoms with van der Waals surface area (Å²) in [6, 6.07) is 5.02. The molecule has 0 saturated carbocycles. The molecule has 0 aliphatic rings. The molecular weight excluding hydrogens is 273 g/mol. The van der Waals surface area contributed by atoms with E-state index >= 15 is 0 Å². The van der Waals surface area contributed by atoms with E-state index in [1.807, 2.05) is 0 Å². The van der Waals surface area contributed by atoms with Gasteiger partial charge in [-0.25, -0.2) is 0 Å². The van der Waals surface area contributed by atoms with Crippen LogP contribution in [0, 0.1) is 5.92 Å². The fourth-order valence-electron chi connectivity index (χ4n) is 1.59. The Balaban J connectivity index is 2.75. The van der Waals surface area contributed by atoms with Crippen molar-refractivity contribution in [2.75, 3.05) is 11.5 Å². The quantitative estimate of drug-likeness (QED) is 0.621. The summed E-state index contributed by atoms with van der Waals surface area (Å²) in [5, 5.41) is 0. The zero-order chi connectivity index (χ0) is 14.5. The van der Waals surface area contributed by atoms with Gasteiger partial charge < -0.3 is 0 Å². The minimum atomic E-state index is -4.32. The molecule has 0 saturated heterocycles. The van der Waals surface area contributed by atoms with Gasteiger partial charge in [0.2, 0.25) is 0 Å². The number of hydrazine groups is 1. The van der Waals surface area contributed by atoms with Crippen LogP contribution in [0.4, 0.5) is 13.2 Å². The van der Waals surface area contributed by atoms with Crippen LogP contribution in [-0.2, 0) is 6.18 Å². The van der Waals surface area contributed by atoms with E-state index in [0.29, 0.717) is 17.2 Å². The average Bonchev–Trinajstić information content (AvgIpc) is 2.33. The Hall–Kier alpha value is -0.720. The third-order valence-corrected chi connectivity index (χ3v) is 4.02. The van der Waals surface area contributed by atoms with Crippen LogP contribution in [0.2, 0.25) is 0 Å². The molecule has 1 aromatic rings. The number of hydrogen-bond acceptors (Lipinski definition) is 3. The first-order chi connectivity index (χ1) is 8.84. The number of nitrogens with one attached hydrogen (secondary N) is 1. The molecule has 0 radical (unpaired) electrons. The van der Waals surface area contributed by atoms with Crippen LogP contribution in [-0.4, -0.2) is 11.5 Å². The summed E-state index contributed by atoms with van der Waals surface area (Å²) < 4.78 is 37.9. The van der Waals surface area contributed by atoms with Crippen molar-refractivity contribution in [1.82, 2.24) is 5.43 Å². The van der Waals surface area contributed by atoms with Gasteiger partial charge in [0.05, 0.1) is 11.6 Å². The van der Waals surface area contributed by atoms with Gasteiger partial charge in [-0.15, -0.1) is 0 Å². The number of alkyl halides is 3. The smallest absolute Gasteiger partial charge is 0.271 e. The molecule has 0 bridgehead atoms. The Kier molecular flexibility index (Phi) is 6.16. The van der Waals surface area contributed by atoms with E-state index in [4.69, 9.17) is 5.84 Å². The number of hydrogen-bond donors (Lipinski definition) is 2. The monoisotopic (exact) mass is 292 g/mol. The molecule has 1 aromatic carbocycles. The van der Waals surface area contributed by atoms with Gasteiger partial charge in [-0.2, -0.15) is 24.9 Å². The molecule has 1 atom stereocenters. The van der Waals surface area contributed by atoms with Crippen LogP contribution in [0.5, 0.6) is 0 Å². The van der Waals surface area contributed by atoms with Crippen molar-refractivity contribution < 1.29 is 13.2 Å². The maximum Gasteiger partial charge on any atom is 0.416 e. The second-order valence-electron chi connectivity index (χ2n) is 4.77. The third-order valence-electron chi connectivity index (χ3n) is 2.55. The summed E-state index contributed by atoms with van der Waals surface area (Å²) in [6.45, 7) is 4.20. The van der Waals surface area contributed by atoms with Gasteiger partial charge in [0.25, 0.3) is 0 Å². The number of rotatable bonds is 6. The first-order valence-electron chi connectivity index (χ1n) is 6.05. The van der Waals surface area contributed by atoms with Gasteiger partial charge in [0.1, 0.15) is 0 Å². The molecule has 0 aromatic heterocycles. The molecule has 19 heavy (non-hydrogen) atoms. The third kappa shape index (κ3) is 5.42. The number of halogens is 3. The van der Waals surface area contributed by atoms with Crippen LogP contribution < -0.4 is 11.3 Å². The maximum atomic E-state index is 12.6. The maximum absolute atomic E-state index is 12.6. The van der Waals surface area contributed by atoms with Crippen molar-refractivity contribution in [1.29, 1.82) is 0 Å². The fourth-order valence-corrected chi connectivity index (χ4v) is 2.73. The number of benzene rings is 1. The summed E-state index contributed by atoms with van der Waals surface area (Å²) in [4.78, 5) is 0. The number of thioether (sulfide) groups is 1. The van der Waals surface area contributed by atoms with Gasteiger partial charge in [0, 0.05) is 5.75 Å². The molecule has 0 aliphatic heterocycles. The van der Waals surface area contributed by atoms with Gasteiger partial charge in [-0.1, -0.05) is 26.0 Å². The van der Waals surface area contributed by atoms with Gasteiger partial charge in [-0.05, 0) is 29.4 Å². The molecule has 6 heteroatoms. The molecule has 0 spiro atoms. The lowest BCUT2D eigenvalue weighted by atomic mass is 10.1. The highest BCUT2D eigenvalue weighted by Gasteiger charge is 2.30. The minimum Gasteiger partial charge on any atom is -0.271 e. The van der Waals surface area contributed by atoms with E-state index in [9.17, 15) is 13.2 Å². The molecule has 2 nitrogen and oxygen atoms in total. The lowest BCUT2D eigenvalue weighted by Gasteiger charge is -2.18. The van der Waals surface area contributed by atoms with Gasteiger partial charge >= 0.3 is 6.18 Å². The van der Waals surface area contributed by atoms with Crippen molar-refractivity contribution in [3.05, 3.63) is 35.4 Å². The Morgan fingerprint density at radius 2 is 1.95 bits per heavy atom. The summed E-state index contributed by atoms with van der Waals surface area (Å²) in [6.07, 6.45) is -4.32. The van der Waals surface area contributed by atoms with Crippen molar-refractivity contribution in [3.8, 4) is 0 Å². The van der Waals surface area contributed by atoms with Crippen molar-refractivity contribution >= 4 is 11.8 Å². The van der Waals surface area contributed by atoms with E-state index in [1.165, 1.54) is 6.07 Å². The second-order valence-corrected chi connectivity index (χ2v) is 5.85. The summed E-state index contributed by atoms with van der Waals surface area (Å²) >= 11 is 1.68. The van der Waals surface area contributed by atoms with Crippen molar-refractivity contribution in [3.63, 3.8) is 0 Å². The predicted octanol–water partition coefficient (Wildman–Crippen LogP) is 3.60. The van der Waals surface area contributed by atoms with E-state index in [1.54, 1.807) is 17.8 Å². The molecule has 3 N–H and O–H groups in total. The summed E-state index contributed by atoms with van der Waals surface area (Å²) in [5.41, 5.74) is 2.51. The number of nitrogens with two attached hydrogens (primary N) is 1. The molecule has 0 aliphatic carbocycles. The molecule has 1 unspecified atom stereocenters. The Labute approximate surface area is 115 Å². The van der Waals surface area contributed by atoms with Gasteiger partial charge in [-0.3, -0.25) is 11.3 Å².